The molecule has 0 unspecified atom stereocenters. The Morgan fingerprint density at radius 2 is 0.736 bits per heavy atom. The van der Waals surface area contributed by atoms with Gasteiger partial charge < -0.3 is 4.74 Å². The first-order valence-corrected chi connectivity index (χ1v) is 20.0. The van der Waals surface area contributed by atoms with Crippen LogP contribution < -0.4 is 0 Å². The third-order valence-electron chi connectivity index (χ3n) is 13.7. The highest BCUT2D eigenvalue weighted by Gasteiger charge is 2.38. The molecule has 0 aromatic heterocycles. The Hall–Kier alpha value is -4.20. The van der Waals surface area contributed by atoms with Crippen LogP contribution in [-0.4, -0.2) is 0 Å². The average Bonchev–Trinajstić information content (AvgIpc) is 3.13. The summed E-state index contributed by atoms with van der Waals surface area (Å²) in [5, 5.41) is 5.18. The monoisotopic (exact) mass is 698 g/mol. The molecule has 0 atom stereocenters. The summed E-state index contributed by atoms with van der Waals surface area (Å²) in [6, 6.07) is 37.4. The fourth-order valence-corrected chi connectivity index (χ4v) is 9.54. The van der Waals surface area contributed by atoms with Crippen LogP contribution in [0.2, 0.25) is 0 Å². The molecule has 0 fully saturated rings. The zero-order valence-corrected chi connectivity index (χ0v) is 33.9. The van der Waals surface area contributed by atoms with Gasteiger partial charge in [0.2, 0.25) is 0 Å². The topological polar surface area (TPSA) is 9.23 Å². The number of benzene rings is 6. The average molecular weight is 699 g/mol. The molecular formula is C52H58O. The summed E-state index contributed by atoms with van der Waals surface area (Å²) in [5.41, 5.74) is 17.3. The van der Waals surface area contributed by atoms with E-state index in [-0.39, 0.29) is 21.7 Å². The fraction of sp³-hybridized carbons (Fsp3) is 0.385. The maximum atomic E-state index is 6.43. The van der Waals surface area contributed by atoms with Gasteiger partial charge in [-0.3, -0.25) is 0 Å². The standard InChI is InChI=1S/C52H58O/c1-33-41(13-11-39-27-35(15-19-43(33)39)37-17-21-45-47(29-37)51(7,8)25-23-49(45,3)4)31-53-32-42-14-12-40-28-36(16-20-44(40)34(42)2)38-18-22-46-48(30-38)52(9,10)26-24-50(46,5)6/h11-22,27-30H,23-26,31-32H2,1-10H3. The lowest BCUT2D eigenvalue weighted by Crippen LogP contribution is -2.33. The predicted molar refractivity (Wildman–Crippen MR) is 227 cm³/mol. The van der Waals surface area contributed by atoms with E-state index in [0.29, 0.717) is 13.2 Å². The molecule has 0 amide bonds. The van der Waals surface area contributed by atoms with Gasteiger partial charge in [0.25, 0.3) is 0 Å². The molecular weight excluding hydrogens is 641 g/mol. The molecule has 2 aliphatic rings. The summed E-state index contributed by atoms with van der Waals surface area (Å²) in [6.45, 7) is 24.9. The molecule has 0 heterocycles. The van der Waals surface area contributed by atoms with Gasteiger partial charge in [0.1, 0.15) is 0 Å². The number of aryl methyl sites for hydroxylation is 2. The van der Waals surface area contributed by atoms with Gasteiger partial charge in [-0.25, -0.2) is 0 Å². The molecule has 0 spiro atoms. The summed E-state index contributed by atoms with van der Waals surface area (Å²) in [6.07, 6.45) is 4.94. The van der Waals surface area contributed by atoms with Gasteiger partial charge in [-0.1, -0.05) is 140 Å². The molecule has 0 radical (unpaired) electrons. The third kappa shape index (κ3) is 6.34. The Morgan fingerprint density at radius 3 is 1.13 bits per heavy atom. The number of ether oxygens (including phenoxy) is 1. The lowest BCUT2D eigenvalue weighted by atomic mass is 9.63. The van der Waals surface area contributed by atoms with Gasteiger partial charge in [0, 0.05) is 0 Å². The lowest BCUT2D eigenvalue weighted by molar-refractivity contribution is 0.106. The van der Waals surface area contributed by atoms with Crippen LogP contribution in [0.5, 0.6) is 0 Å². The Balaban J connectivity index is 0.985. The number of hydrogen-bond donors (Lipinski definition) is 0. The minimum absolute atomic E-state index is 0.204. The van der Waals surface area contributed by atoms with E-state index in [9.17, 15) is 0 Å². The quantitative estimate of drug-likeness (QED) is 0.168. The van der Waals surface area contributed by atoms with Gasteiger partial charge in [-0.05, 0) is 162 Å². The van der Waals surface area contributed by atoms with Crippen molar-refractivity contribution in [2.75, 3.05) is 0 Å². The van der Waals surface area contributed by atoms with Crippen molar-refractivity contribution in [2.24, 2.45) is 0 Å². The molecule has 272 valence electrons. The van der Waals surface area contributed by atoms with Gasteiger partial charge in [-0.2, -0.15) is 0 Å². The summed E-state index contributed by atoms with van der Waals surface area (Å²) in [7, 11) is 0. The van der Waals surface area contributed by atoms with E-state index in [2.05, 4.69) is 166 Å². The number of hydrogen-bond acceptors (Lipinski definition) is 1. The van der Waals surface area contributed by atoms with Gasteiger partial charge in [-0.15, -0.1) is 0 Å². The van der Waals surface area contributed by atoms with Crippen LogP contribution in [0.1, 0.15) is 126 Å². The second kappa shape index (κ2) is 12.7. The van der Waals surface area contributed by atoms with Crippen LogP contribution in [0.4, 0.5) is 0 Å². The smallest absolute Gasteiger partial charge is 0.0724 e. The van der Waals surface area contributed by atoms with E-state index in [4.69, 9.17) is 4.74 Å². The van der Waals surface area contributed by atoms with Crippen molar-refractivity contribution < 1.29 is 4.74 Å². The summed E-state index contributed by atoms with van der Waals surface area (Å²) in [4.78, 5) is 0. The Labute approximate surface area is 318 Å². The van der Waals surface area contributed by atoms with E-state index < -0.39 is 0 Å². The molecule has 2 aliphatic carbocycles. The Bertz CT molecular complexity index is 2230. The molecule has 0 saturated heterocycles. The molecule has 0 bridgehead atoms. The van der Waals surface area contributed by atoms with Crippen LogP contribution in [0.15, 0.2) is 97.1 Å². The summed E-state index contributed by atoms with van der Waals surface area (Å²) in [5.74, 6) is 0. The van der Waals surface area contributed by atoms with Crippen LogP contribution in [0.25, 0.3) is 43.8 Å². The lowest BCUT2D eigenvalue weighted by Gasteiger charge is -2.42. The second-order valence-electron chi connectivity index (χ2n) is 19.1. The van der Waals surface area contributed by atoms with Gasteiger partial charge in [0.15, 0.2) is 0 Å². The normalized spacial score (nSPS) is 18.2. The molecule has 1 nitrogen and oxygen atoms in total. The van der Waals surface area contributed by atoms with Crippen LogP contribution in [0.3, 0.4) is 0 Å². The SMILES string of the molecule is Cc1c(COCc2ccc3cc(-c4ccc5c(c4)C(C)(C)CCC5(C)C)ccc3c2C)ccc2cc(-c3ccc4c(c3)C(C)(C)CCC4(C)C)ccc12. The molecule has 6 aromatic rings. The van der Waals surface area contributed by atoms with E-state index in [1.165, 1.54) is 114 Å². The highest BCUT2D eigenvalue weighted by Crippen LogP contribution is 2.48. The van der Waals surface area contributed by atoms with Crippen LogP contribution in [-0.2, 0) is 39.6 Å². The first kappa shape index (κ1) is 35.8. The third-order valence-corrected chi connectivity index (χ3v) is 13.7. The zero-order valence-electron chi connectivity index (χ0n) is 33.9. The van der Waals surface area contributed by atoms with Gasteiger partial charge >= 0.3 is 0 Å². The molecule has 0 aliphatic heterocycles. The zero-order chi connectivity index (χ0) is 37.5. The van der Waals surface area contributed by atoms with Crippen LogP contribution >= 0.6 is 0 Å². The molecule has 6 aromatic carbocycles. The molecule has 0 N–H and O–H groups in total. The maximum absolute atomic E-state index is 6.43. The van der Waals surface area contributed by atoms with Crippen molar-refractivity contribution in [3.05, 3.63) is 142 Å². The Kier molecular flexibility index (Phi) is 8.58. The summed E-state index contributed by atoms with van der Waals surface area (Å²) < 4.78 is 6.43. The van der Waals surface area contributed by atoms with Crippen molar-refractivity contribution in [2.45, 2.75) is 130 Å². The maximum Gasteiger partial charge on any atom is 0.0724 e. The van der Waals surface area contributed by atoms with Crippen molar-refractivity contribution in [3.63, 3.8) is 0 Å². The van der Waals surface area contributed by atoms with E-state index in [1.807, 2.05) is 0 Å². The highest BCUT2D eigenvalue weighted by atomic mass is 16.5. The largest absolute Gasteiger partial charge is 0.372 e. The van der Waals surface area contributed by atoms with Crippen molar-refractivity contribution in [1.29, 1.82) is 0 Å². The fourth-order valence-electron chi connectivity index (χ4n) is 9.54. The first-order valence-electron chi connectivity index (χ1n) is 20.0. The van der Waals surface area contributed by atoms with Crippen LogP contribution in [0, 0.1) is 13.8 Å². The van der Waals surface area contributed by atoms with Crippen molar-refractivity contribution in [3.8, 4) is 22.3 Å². The van der Waals surface area contributed by atoms with E-state index in [1.54, 1.807) is 0 Å². The molecule has 0 saturated carbocycles. The summed E-state index contributed by atoms with van der Waals surface area (Å²) >= 11 is 0. The molecule has 1 heteroatoms. The molecule has 53 heavy (non-hydrogen) atoms. The van der Waals surface area contributed by atoms with Crippen molar-refractivity contribution in [1.82, 2.24) is 0 Å². The first-order chi connectivity index (χ1) is 25.0. The molecule has 8 rings (SSSR count). The van der Waals surface area contributed by atoms with Gasteiger partial charge in [0.05, 0.1) is 13.2 Å². The highest BCUT2D eigenvalue weighted by molar-refractivity contribution is 5.92. The number of rotatable bonds is 6. The number of fused-ring (bicyclic) bond motifs is 4. The Morgan fingerprint density at radius 1 is 0.396 bits per heavy atom. The second-order valence-corrected chi connectivity index (χ2v) is 19.1. The van der Waals surface area contributed by atoms with E-state index in [0.717, 1.165) is 0 Å². The van der Waals surface area contributed by atoms with Crippen molar-refractivity contribution >= 4 is 21.5 Å². The predicted octanol–water partition coefficient (Wildman–Crippen LogP) is 14.4. The minimum Gasteiger partial charge on any atom is -0.372 e. The minimum atomic E-state index is 0.204. The van der Waals surface area contributed by atoms with E-state index >= 15 is 0 Å².